The molecule has 0 fully saturated rings. The minimum atomic E-state index is -0.693. The monoisotopic (exact) mass is 351 g/mol. The summed E-state index contributed by atoms with van der Waals surface area (Å²) in [5.41, 5.74) is 1.29. The molecular formula is C16H18ClN3O4. The molecule has 0 saturated heterocycles. The zero-order valence-electron chi connectivity index (χ0n) is 13.4. The average molecular weight is 352 g/mol. The van der Waals surface area contributed by atoms with E-state index in [4.69, 9.17) is 21.1 Å². The minimum absolute atomic E-state index is 0.142. The van der Waals surface area contributed by atoms with E-state index in [1.54, 1.807) is 6.92 Å². The first-order chi connectivity index (χ1) is 11.5. The fraction of sp³-hybridized carbons (Fsp3) is 0.312. The molecule has 0 aliphatic heterocycles. The molecular weight excluding hydrogens is 334 g/mol. The zero-order chi connectivity index (χ0) is 17.5. The number of benzene rings is 1. The van der Waals surface area contributed by atoms with E-state index in [9.17, 15) is 9.59 Å². The van der Waals surface area contributed by atoms with E-state index in [1.807, 2.05) is 30.3 Å². The number of methoxy groups -OCH3 is 1. The summed E-state index contributed by atoms with van der Waals surface area (Å²) >= 11 is 6.26. The standard InChI is InChI=1S/C16H18ClN3O4/c1-11-14(16(22)24-10-13(21)18-8-9-23-2)15(17)20(19-11)12-6-4-3-5-7-12/h3-7H,8-10H2,1-2H3,(H,18,21). The third-order valence-electron chi connectivity index (χ3n) is 3.17. The van der Waals surface area contributed by atoms with E-state index < -0.39 is 18.5 Å². The van der Waals surface area contributed by atoms with Crippen LogP contribution < -0.4 is 5.32 Å². The number of rotatable bonds is 7. The lowest BCUT2D eigenvalue weighted by molar-refractivity contribution is -0.124. The van der Waals surface area contributed by atoms with E-state index in [1.165, 1.54) is 11.8 Å². The summed E-state index contributed by atoms with van der Waals surface area (Å²) in [7, 11) is 1.53. The lowest BCUT2D eigenvalue weighted by Gasteiger charge is -2.06. The highest BCUT2D eigenvalue weighted by molar-refractivity contribution is 6.33. The number of aryl methyl sites for hydroxylation is 1. The number of esters is 1. The molecule has 1 aromatic carbocycles. The van der Waals surface area contributed by atoms with E-state index in [-0.39, 0.29) is 10.7 Å². The predicted octanol–water partition coefficient (Wildman–Crippen LogP) is 1.75. The number of hydrogen-bond donors (Lipinski definition) is 1. The number of nitrogens with one attached hydrogen (secondary N) is 1. The molecule has 0 spiro atoms. The number of aromatic nitrogens is 2. The SMILES string of the molecule is COCCNC(=O)COC(=O)c1c(C)nn(-c2ccccc2)c1Cl. The Kier molecular flexibility index (Phi) is 6.34. The van der Waals surface area contributed by atoms with Gasteiger partial charge in [-0.15, -0.1) is 0 Å². The molecule has 0 bridgehead atoms. The molecule has 0 atom stereocenters. The number of halogens is 1. The largest absolute Gasteiger partial charge is 0.452 e. The Balaban J connectivity index is 2.05. The van der Waals surface area contributed by atoms with Crippen LogP contribution in [0, 0.1) is 6.92 Å². The Morgan fingerprint density at radius 3 is 2.67 bits per heavy atom. The van der Waals surface area contributed by atoms with Gasteiger partial charge in [0.05, 0.1) is 18.0 Å². The summed E-state index contributed by atoms with van der Waals surface area (Å²) < 4.78 is 11.3. The van der Waals surface area contributed by atoms with Crippen molar-refractivity contribution in [1.29, 1.82) is 0 Å². The fourth-order valence-corrected chi connectivity index (χ4v) is 2.37. The van der Waals surface area contributed by atoms with Gasteiger partial charge in [0, 0.05) is 13.7 Å². The smallest absolute Gasteiger partial charge is 0.343 e. The number of hydrogen-bond acceptors (Lipinski definition) is 5. The molecule has 128 valence electrons. The summed E-state index contributed by atoms with van der Waals surface area (Å²) in [6.07, 6.45) is 0. The first kappa shape index (κ1) is 18.0. The van der Waals surface area contributed by atoms with Crippen molar-refractivity contribution in [3.8, 4) is 5.69 Å². The van der Waals surface area contributed by atoms with Crippen molar-refractivity contribution in [2.75, 3.05) is 26.9 Å². The van der Waals surface area contributed by atoms with E-state index in [0.717, 1.165) is 5.69 Å². The molecule has 1 aromatic heterocycles. The molecule has 2 rings (SSSR count). The Labute approximate surface area is 144 Å². The van der Waals surface area contributed by atoms with Crippen LogP contribution in [0.2, 0.25) is 5.15 Å². The van der Waals surface area contributed by atoms with Crippen LogP contribution in [0.15, 0.2) is 30.3 Å². The first-order valence-corrected chi connectivity index (χ1v) is 7.65. The number of ether oxygens (including phenoxy) is 2. The van der Waals surface area contributed by atoms with E-state index in [0.29, 0.717) is 18.8 Å². The van der Waals surface area contributed by atoms with Crippen LogP contribution in [0.1, 0.15) is 16.1 Å². The molecule has 8 heteroatoms. The van der Waals surface area contributed by atoms with Crippen LogP contribution in [0.5, 0.6) is 0 Å². The van der Waals surface area contributed by atoms with Crippen LogP contribution in [-0.2, 0) is 14.3 Å². The highest BCUT2D eigenvalue weighted by Gasteiger charge is 2.23. The topological polar surface area (TPSA) is 82.4 Å². The Morgan fingerprint density at radius 1 is 1.29 bits per heavy atom. The van der Waals surface area contributed by atoms with Gasteiger partial charge in [0.1, 0.15) is 10.7 Å². The summed E-state index contributed by atoms with van der Waals surface area (Å²) in [4.78, 5) is 23.8. The second-order valence-electron chi connectivity index (χ2n) is 4.92. The average Bonchev–Trinajstić information content (AvgIpc) is 2.88. The quantitative estimate of drug-likeness (QED) is 0.607. The molecule has 7 nitrogen and oxygen atoms in total. The van der Waals surface area contributed by atoms with E-state index in [2.05, 4.69) is 10.4 Å². The van der Waals surface area contributed by atoms with Crippen LogP contribution in [-0.4, -0.2) is 48.5 Å². The maximum Gasteiger partial charge on any atom is 0.343 e. The molecule has 24 heavy (non-hydrogen) atoms. The predicted molar refractivity (Wildman–Crippen MR) is 88.5 cm³/mol. The van der Waals surface area contributed by atoms with Crippen molar-refractivity contribution in [2.24, 2.45) is 0 Å². The van der Waals surface area contributed by atoms with Gasteiger partial charge < -0.3 is 14.8 Å². The maximum absolute atomic E-state index is 12.2. The highest BCUT2D eigenvalue weighted by atomic mass is 35.5. The van der Waals surface area contributed by atoms with Gasteiger partial charge in [0.15, 0.2) is 6.61 Å². The summed E-state index contributed by atoms with van der Waals surface area (Å²) in [6.45, 7) is 1.99. The normalized spacial score (nSPS) is 10.5. The molecule has 2 aromatic rings. The van der Waals surface area contributed by atoms with Crippen molar-refractivity contribution >= 4 is 23.5 Å². The van der Waals surface area contributed by atoms with E-state index >= 15 is 0 Å². The molecule has 0 aliphatic carbocycles. The zero-order valence-corrected chi connectivity index (χ0v) is 14.2. The van der Waals surface area contributed by atoms with Crippen molar-refractivity contribution in [3.05, 3.63) is 46.7 Å². The Hall–Kier alpha value is -2.38. The fourth-order valence-electron chi connectivity index (χ4n) is 2.02. The van der Waals surface area contributed by atoms with Crippen molar-refractivity contribution in [2.45, 2.75) is 6.92 Å². The third-order valence-corrected chi connectivity index (χ3v) is 3.52. The summed E-state index contributed by atoms with van der Waals surface area (Å²) in [5.74, 6) is -1.11. The molecule has 0 saturated carbocycles. The van der Waals surface area contributed by atoms with Crippen LogP contribution in [0.25, 0.3) is 5.69 Å². The van der Waals surface area contributed by atoms with Crippen LogP contribution in [0.3, 0.4) is 0 Å². The van der Waals surface area contributed by atoms with Crippen LogP contribution >= 0.6 is 11.6 Å². The number of amides is 1. The molecule has 0 aliphatic rings. The second-order valence-corrected chi connectivity index (χ2v) is 5.28. The molecule has 1 N–H and O–H groups in total. The molecule has 0 unspecified atom stereocenters. The van der Waals surface area contributed by atoms with Gasteiger partial charge in [0.25, 0.3) is 5.91 Å². The van der Waals surface area contributed by atoms with Gasteiger partial charge in [-0.1, -0.05) is 29.8 Å². The number of carbonyl (C=O) groups excluding carboxylic acids is 2. The second kappa shape index (κ2) is 8.47. The Morgan fingerprint density at radius 2 is 2.00 bits per heavy atom. The number of nitrogens with zero attached hydrogens (tertiary/aromatic N) is 2. The minimum Gasteiger partial charge on any atom is -0.452 e. The lowest BCUT2D eigenvalue weighted by Crippen LogP contribution is -2.31. The van der Waals surface area contributed by atoms with Crippen LogP contribution in [0.4, 0.5) is 0 Å². The molecule has 1 amide bonds. The Bertz CT molecular complexity index is 716. The number of para-hydroxylation sites is 1. The third kappa shape index (κ3) is 4.33. The highest BCUT2D eigenvalue weighted by Crippen LogP contribution is 2.24. The van der Waals surface area contributed by atoms with Crippen molar-refractivity contribution in [1.82, 2.24) is 15.1 Å². The summed E-state index contributed by atoms with van der Waals surface area (Å²) in [6, 6.07) is 9.18. The first-order valence-electron chi connectivity index (χ1n) is 7.28. The van der Waals surface area contributed by atoms with Gasteiger partial charge in [-0.05, 0) is 19.1 Å². The van der Waals surface area contributed by atoms with Gasteiger partial charge in [0.2, 0.25) is 0 Å². The van der Waals surface area contributed by atoms with Gasteiger partial charge in [-0.2, -0.15) is 5.10 Å². The molecule has 1 heterocycles. The van der Waals surface area contributed by atoms with Gasteiger partial charge in [-0.25, -0.2) is 9.48 Å². The molecule has 0 radical (unpaired) electrons. The van der Waals surface area contributed by atoms with Crippen molar-refractivity contribution in [3.63, 3.8) is 0 Å². The van der Waals surface area contributed by atoms with Gasteiger partial charge in [-0.3, -0.25) is 4.79 Å². The van der Waals surface area contributed by atoms with Gasteiger partial charge >= 0.3 is 5.97 Å². The lowest BCUT2D eigenvalue weighted by atomic mass is 10.2. The summed E-state index contributed by atoms with van der Waals surface area (Å²) in [5, 5.41) is 6.95. The maximum atomic E-state index is 12.2. The van der Waals surface area contributed by atoms with Crippen molar-refractivity contribution < 1.29 is 19.1 Å². The number of carbonyl (C=O) groups is 2.